The van der Waals surface area contributed by atoms with E-state index >= 15 is 0 Å². The summed E-state index contributed by atoms with van der Waals surface area (Å²) >= 11 is 0. The van der Waals surface area contributed by atoms with E-state index in [1.54, 1.807) is 24.3 Å². The highest BCUT2D eigenvalue weighted by atomic mass is 16.3. The Morgan fingerprint density at radius 1 is 1.26 bits per heavy atom. The third-order valence-electron chi connectivity index (χ3n) is 2.92. The second-order valence-corrected chi connectivity index (χ2v) is 4.11. The maximum absolute atomic E-state index is 11.7. The topological polar surface area (TPSA) is 110 Å². The summed E-state index contributed by atoms with van der Waals surface area (Å²) in [5.41, 5.74) is 6.53. The fourth-order valence-electron chi connectivity index (χ4n) is 2.01. The van der Waals surface area contributed by atoms with E-state index in [1.807, 2.05) is 11.4 Å². The molecule has 1 unspecified atom stereocenters. The van der Waals surface area contributed by atoms with Crippen LogP contribution >= 0.6 is 0 Å². The number of rotatable bonds is 1. The van der Waals surface area contributed by atoms with Crippen LogP contribution in [0.25, 0.3) is 5.69 Å². The van der Waals surface area contributed by atoms with Crippen molar-refractivity contribution in [3.63, 3.8) is 0 Å². The smallest absolute Gasteiger partial charge is 0.263 e. The molecule has 1 aliphatic rings. The number of hydrogen-bond acceptors (Lipinski definition) is 5. The number of nitrogens with zero attached hydrogens (tertiary/aromatic N) is 2. The largest absolute Gasteiger partial charge is 0.383 e. The monoisotopic (exact) mass is 258 g/mol. The number of carbonyl (C=O) groups excluding carboxylic acids is 2. The van der Waals surface area contributed by atoms with Crippen LogP contribution in [-0.2, 0) is 4.79 Å². The number of fused-ring (bicyclic) bond motifs is 1. The van der Waals surface area contributed by atoms with Crippen molar-refractivity contribution in [1.82, 2.24) is 15.1 Å². The van der Waals surface area contributed by atoms with Crippen LogP contribution in [-0.4, -0.2) is 26.7 Å². The van der Waals surface area contributed by atoms with E-state index < -0.39 is 17.9 Å². The molecule has 3 rings (SSSR count). The lowest BCUT2D eigenvalue weighted by Crippen LogP contribution is -2.40. The molecule has 4 N–H and O–H groups in total. The van der Waals surface area contributed by atoms with Gasteiger partial charge in [0, 0.05) is 0 Å². The summed E-state index contributed by atoms with van der Waals surface area (Å²) in [6, 6.07) is 8.91. The molecule has 0 bridgehead atoms. The van der Waals surface area contributed by atoms with Gasteiger partial charge in [0.2, 0.25) is 0 Å². The molecule has 1 aromatic carbocycles. The number of para-hydroxylation sites is 1. The molecule has 0 spiro atoms. The molecular weight excluding hydrogens is 248 g/mol. The predicted octanol–water partition coefficient (Wildman–Crippen LogP) is -0.242. The van der Waals surface area contributed by atoms with Crippen molar-refractivity contribution >= 4 is 17.6 Å². The Hall–Kier alpha value is -2.67. The van der Waals surface area contributed by atoms with E-state index in [-0.39, 0.29) is 17.1 Å². The average molecular weight is 258 g/mol. The molecule has 1 aromatic heterocycles. The quantitative estimate of drug-likeness (QED) is 0.611. The number of aliphatic hydroxyl groups excluding tert-OH is 1. The van der Waals surface area contributed by atoms with Gasteiger partial charge in [-0.05, 0) is 12.1 Å². The number of aliphatic hydroxyl groups is 1. The first kappa shape index (κ1) is 11.4. The minimum Gasteiger partial charge on any atom is -0.383 e. The van der Waals surface area contributed by atoms with Crippen LogP contribution in [0.5, 0.6) is 0 Å². The summed E-state index contributed by atoms with van der Waals surface area (Å²) in [4.78, 5) is 23.1. The average Bonchev–Trinajstić information content (AvgIpc) is 2.76. The maximum Gasteiger partial charge on any atom is 0.263 e. The number of benzene rings is 1. The molecule has 0 saturated heterocycles. The molecule has 19 heavy (non-hydrogen) atoms. The van der Waals surface area contributed by atoms with E-state index in [0.29, 0.717) is 5.69 Å². The van der Waals surface area contributed by atoms with Crippen LogP contribution < -0.4 is 11.1 Å². The first-order valence-electron chi connectivity index (χ1n) is 5.56. The van der Waals surface area contributed by atoms with Gasteiger partial charge in [-0.15, -0.1) is 0 Å². The van der Waals surface area contributed by atoms with Gasteiger partial charge in [0.15, 0.2) is 6.10 Å². The number of aromatic nitrogens is 2. The van der Waals surface area contributed by atoms with E-state index in [9.17, 15) is 14.7 Å². The van der Waals surface area contributed by atoms with E-state index in [1.165, 1.54) is 4.68 Å². The lowest BCUT2D eigenvalue weighted by molar-refractivity contribution is -0.129. The Kier molecular flexibility index (Phi) is 2.36. The van der Waals surface area contributed by atoms with E-state index in [4.69, 9.17) is 5.73 Å². The van der Waals surface area contributed by atoms with E-state index in [0.717, 1.165) is 0 Å². The molecule has 2 aromatic rings. The number of imide groups is 1. The number of amides is 2. The van der Waals surface area contributed by atoms with Gasteiger partial charge in [-0.2, -0.15) is 5.10 Å². The number of nitrogens with one attached hydrogen (secondary N) is 1. The molecule has 96 valence electrons. The van der Waals surface area contributed by atoms with Gasteiger partial charge in [-0.25, -0.2) is 4.68 Å². The number of anilines is 1. The van der Waals surface area contributed by atoms with Gasteiger partial charge in [-0.3, -0.25) is 14.9 Å². The van der Waals surface area contributed by atoms with Gasteiger partial charge >= 0.3 is 0 Å². The second kappa shape index (κ2) is 3.92. The van der Waals surface area contributed by atoms with Crippen LogP contribution in [0.15, 0.2) is 30.3 Å². The first-order chi connectivity index (χ1) is 9.09. The standard InChI is InChI=1S/C12H10N4O3/c13-10-7-8(9(17)12(19)14-11(7)18)15-16(10)6-4-2-1-3-5-6/h1-5,9,17H,13H2,(H,14,18,19). The Morgan fingerprint density at radius 3 is 2.63 bits per heavy atom. The Balaban J connectivity index is 2.22. The van der Waals surface area contributed by atoms with Crippen LogP contribution in [0.4, 0.5) is 5.82 Å². The summed E-state index contributed by atoms with van der Waals surface area (Å²) in [5, 5.41) is 15.8. The molecular formula is C12H10N4O3. The molecule has 7 nitrogen and oxygen atoms in total. The van der Waals surface area contributed by atoms with Crippen LogP contribution in [0.3, 0.4) is 0 Å². The van der Waals surface area contributed by atoms with Crippen LogP contribution in [0, 0.1) is 0 Å². The van der Waals surface area contributed by atoms with Crippen molar-refractivity contribution in [3.05, 3.63) is 41.6 Å². The predicted molar refractivity (Wildman–Crippen MR) is 65.4 cm³/mol. The fourth-order valence-corrected chi connectivity index (χ4v) is 2.01. The molecule has 2 heterocycles. The summed E-state index contributed by atoms with van der Waals surface area (Å²) in [6.07, 6.45) is -1.49. The second-order valence-electron chi connectivity index (χ2n) is 4.11. The number of carbonyl (C=O) groups is 2. The highest BCUT2D eigenvalue weighted by Gasteiger charge is 2.36. The summed E-state index contributed by atoms with van der Waals surface area (Å²) in [7, 11) is 0. The zero-order chi connectivity index (χ0) is 13.6. The zero-order valence-corrected chi connectivity index (χ0v) is 9.70. The Labute approximate surface area is 107 Å². The third kappa shape index (κ3) is 1.59. The summed E-state index contributed by atoms with van der Waals surface area (Å²) < 4.78 is 1.33. The molecule has 1 aliphatic heterocycles. The number of nitrogen functional groups attached to an aromatic ring is 1. The summed E-state index contributed by atoms with van der Waals surface area (Å²) in [5.74, 6) is -1.36. The molecule has 2 amide bonds. The maximum atomic E-state index is 11.7. The Bertz CT molecular complexity index is 678. The van der Waals surface area contributed by atoms with Crippen molar-refractivity contribution in [2.24, 2.45) is 0 Å². The lowest BCUT2D eigenvalue weighted by atomic mass is 10.1. The van der Waals surface area contributed by atoms with Gasteiger partial charge in [0.1, 0.15) is 17.1 Å². The molecule has 7 heteroatoms. The normalized spacial score (nSPS) is 18.1. The minimum atomic E-state index is -1.49. The lowest BCUT2D eigenvalue weighted by Gasteiger charge is -2.14. The molecule has 0 saturated carbocycles. The fraction of sp³-hybridized carbons (Fsp3) is 0.0833. The molecule has 1 atom stereocenters. The van der Waals surface area contributed by atoms with Crippen molar-refractivity contribution in [2.75, 3.05) is 5.73 Å². The SMILES string of the molecule is Nc1c2c(nn1-c1ccccc1)C(O)C(=O)NC2=O. The van der Waals surface area contributed by atoms with Crippen molar-refractivity contribution in [2.45, 2.75) is 6.10 Å². The number of nitrogens with two attached hydrogens (primary N) is 1. The molecule has 0 fully saturated rings. The third-order valence-corrected chi connectivity index (χ3v) is 2.92. The highest BCUT2D eigenvalue weighted by molar-refractivity contribution is 6.13. The van der Waals surface area contributed by atoms with Crippen LogP contribution in [0.2, 0.25) is 0 Å². The minimum absolute atomic E-state index is 0.0184. The first-order valence-corrected chi connectivity index (χ1v) is 5.56. The van der Waals surface area contributed by atoms with Crippen molar-refractivity contribution < 1.29 is 14.7 Å². The van der Waals surface area contributed by atoms with Crippen molar-refractivity contribution in [3.8, 4) is 5.69 Å². The molecule has 0 radical (unpaired) electrons. The van der Waals surface area contributed by atoms with Gasteiger partial charge in [0.05, 0.1) is 5.69 Å². The highest BCUT2D eigenvalue weighted by Crippen LogP contribution is 2.28. The Morgan fingerprint density at radius 2 is 1.95 bits per heavy atom. The van der Waals surface area contributed by atoms with Crippen molar-refractivity contribution in [1.29, 1.82) is 0 Å². The van der Waals surface area contributed by atoms with Gasteiger partial charge in [-0.1, -0.05) is 18.2 Å². The summed E-state index contributed by atoms with van der Waals surface area (Å²) in [6.45, 7) is 0. The van der Waals surface area contributed by atoms with E-state index in [2.05, 4.69) is 5.10 Å². The number of hydrogen-bond donors (Lipinski definition) is 3. The zero-order valence-electron chi connectivity index (χ0n) is 9.70. The van der Waals surface area contributed by atoms with Gasteiger partial charge < -0.3 is 10.8 Å². The molecule has 0 aliphatic carbocycles. The van der Waals surface area contributed by atoms with Gasteiger partial charge in [0.25, 0.3) is 11.8 Å². The van der Waals surface area contributed by atoms with Crippen LogP contribution in [0.1, 0.15) is 22.2 Å².